The Morgan fingerprint density at radius 3 is 2.79 bits per heavy atom. The second-order valence-corrected chi connectivity index (χ2v) is 8.88. The van der Waals surface area contributed by atoms with Gasteiger partial charge in [0.1, 0.15) is 6.61 Å². The van der Waals surface area contributed by atoms with Crippen LogP contribution >= 0.6 is 22.9 Å². The van der Waals surface area contributed by atoms with Crippen LogP contribution in [0.15, 0.2) is 65.5 Å². The lowest BCUT2D eigenvalue weighted by Gasteiger charge is -2.13. The molecule has 0 saturated carbocycles. The summed E-state index contributed by atoms with van der Waals surface area (Å²) in [5.74, 6) is -0.284. The molecule has 7 nitrogen and oxygen atoms in total. The predicted molar refractivity (Wildman–Crippen MR) is 131 cm³/mol. The summed E-state index contributed by atoms with van der Waals surface area (Å²) in [6.07, 6.45) is 1.74. The lowest BCUT2D eigenvalue weighted by atomic mass is 10.1. The number of rotatable bonds is 6. The summed E-state index contributed by atoms with van der Waals surface area (Å²) in [4.78, 5) is 29.4. The number of hydrogen-bond donors (Lipinski definition) is 1. The first kappa shape index (κ1) is 21.9. The van der Waals surface area contributed by atoms with Crippen molar-refractivity contribution in [3.05, 3.63) is 97.3 Å². The summed E-state index contributed by atoms with van der Waals surface area (Å²) in [5, 5.41) is 9.47. The molecule has 0 amide bonds. The van der Waals surface area contributed by atoms with Gasteiger partial charge >= 0.3 is 5.97 Å². The summed E-state index contributed by atoms with van der Waals surface area (Å²) in [7, 11) is 1.50. The van der Waals surface area contributed by atoms with E-state index in [1.807, 2.05) is 24.3 Å². The Morgan fingerprint density at radius 2 is 2.00 bits per heavy atom. The van der Waals surface area contributed by atoms with Crippen LogP contribution in [0.5, 0.6) is 11.5 Å². The molecule has 0 atom stereocenters. The maximum Gasteiger partial charge on any atom is 0.335 e. The first-order valence-electron chi connectivity index (χ1n) is 10.2. The summed E-state index contributed by atoms with van der Waals surface area (Å²) < 4.78 is 13.4. The van der Waals surface area contributed by atoms with Crippen molar-refractivity contribution in [2.75, 3.05) is 7.11 Å². The largest absolute Gasteiger partial charge is 0.493 e. The molecule has 170 valence electrons. The van der Waals surface area contributed by atoms with Crippen molar-refractivity contribution in [1.82, 2.24) is 9.38 Å². The summed E-state index contributed by atoms with van der Waals surface area (Å²) in [6.45, 7) is 0.111. The number of fused-ring (bicyclic) bond motifs is 3. The van der Waals surface area contributed by atoms with Crippen molar-refractivity contribution in [1.29, 1.82) is 0 Å². The van der Waals surface area contributed by atoms with Gasteiger partial charge < -0.3 is 14.6 Å². The minimum Gasteiger partial charge on any atom is -0.493 e. The van der Waals surface area contributed by atoms with Gasteiger partial charge in [-0.05, 0) is 53.6 Å². The van der Waals surface area contributed by atoms with Crippen LogP contribution < -0.4 is 19.6 Å². The van der Waals surface area contributed by atoms with E-state index in [-0.39, 0.29) is 17.7 Å². The minimum absolute atomic E-state index is 0.111. The number of hydrogen-bond acceptors (Lipinski definition) is 6. The second kappa shape index (κ2) is 8.81. The van der Waals surface area contributed by atoms with Gasteiger partial charge in [-0.25, -0.2) is 14.2 Å². The minimum atomic E-state index is -1.01. The molecule has 1 N–H and O–H groups in total. The molecular formula is C25H17ClN2O5S. The molecule has 3 aromatic carbocycles. The molecular weight excluding hydrogens is 476 g/mol. The van der Waals surface area contributed by atoms with Crippen LogP contribution in [-0.4, -0.2) is 27.6 Å². The molecule has 0 fully saturated rings. The molecule has 5 aromatic rings. The monoisotopic (exact) mass is 492 g/mol. The molecule has 34 heavy (non-hydrogen) atoms. The number of aromatic nitrogens is 2. The number of nitrogens with zero attached hydrogens (tertiary/aromatic N) is 2. The van der Waals surface area contributed by atoms with Crippen LogP contribution in [0.1, 0.15) is 21.5 Å². The van der Waals surface area contributed by atoms with E-state index in [4.69, 9.17) is 26.2 Å². The number of aromatic carboxylic acids is 1. The molecule has 0 aliphatic rings. The lowest BCUT2D eigenvalue weighted by molar-refractivity contribution is 0.0696. The zero-order chi connectivity index (χ0) is 23.8. The normalized spacial score (nSPS) is 11.9. The third-order valence-corrected chi connectivity index (χ3v) is 6.50. The van der Waals surface area contributed by atoms with E-state index in [1.54, 1.807) is 34.7 Å². The van der Waals surface area contributed by atoms with Gasteiger partial charge in [-0.15, -0.1) is 0 Å². The second-order valence-electron chi connectivity index (χ2n) is 7.46. The highest BCUT2D eigenvalue weighted by Crippen LogP contribution is 2.37. The number of carboxylic acids is 1. The van der Waals surface area contributed by atoms with Crippen molar-refractivity contribution in [2.45, 2.75) is 6.61 Å². The molecule has 0 spiro atoms. The first-order chi connectivity index (χ1) is 16.4. The van der Waals surface area contributed by atoms with Crippen LogP contribution in [0.25, 0.3) is 22.1 Å². The van der Waals surface area contributed by atoms with E-state index in [0.29, 0.717) is 37.1 Å². The zero-order valence-corrected chi connectivity index (χ0v) is 19.4. The average Bonchev–Trinajstić information content (AvgIpc) is 3.34. The Kier molecular flexibility index (Phi) is 5.69. The number of para-hydroxylation sites is 2. The Balaban J connectivity index is 1.49. The Hall–Kier alpha value is -3.88. The van der Waals surface area contributed by atoms with E-state index in [9.17, 15) is 9.59 Å². The standard InChI is InChI=1S/C25H17ClN2O5S/c1-32-20-11-15(10-17(26)22(20)33-13-14-5-4-6-16(9-14)24(30)31)12-21-23(29)28-19-8-3-2-7-18(19)27-25(28)34-21/h2-12H,13H2,1H3,(H,30,31). The molecule has 5 rings (SSSR count). The van der Waals surface area contributed by atoms with E-state index in [0.717, 1.165) is 11.0 Å². The van der Waals surface area contributed by atoms with Crippen molar-refractivity contribution in [3.63, 3.8) is 0 Å². The van der Waals surface area contributed by atoms with Crippen molar-refractivity contribution in [2.24, 2.45) is 0 Å². The van der Waals surface area contributed by atoms with E-state index in [2.05, 4.69) is 4.98 Å². The zero-order valence-electron chi connectivity index (χ0n) is 17.8. The number of thiazole rings is 1. The quantitative estimate of drug-likeness (QED) is 0.378. The van der Waals surface area contributed by atoms with Crippen molar-refractivity contribution in [3.8, 4) is 11.5 Å². The van der Waals surface area contributed by atoms with Crippen molar-refractivity contribution >= 4 is 51.0 Å². The molecule has 2 aromatic heterocycles. The average molecular weight is 493 g/mol. The Morgan fingerprint density at radius 1 is 1.18 bits per heavy atom. The lowest BCUT2D eigenvalue weighted by Crippen LogP contribution is -2.22. The number of ether oxygens (including phenoxy) is 2. The molecule has 0 aliphatic carbocycles. The molecule has 9 heteroatoms. The third-order valence-electron chi connectivity index (χ3n) is 5.25. The maximum atomic E-state index is 13.0. The number of methoxy groups -OCH3 is 1. The highest BCUT2D eigenvalue weighted by molar-refractivity contribution is 7.15. The molecule has 0 saturated heterocycles. The summed E-state index contributed by atoms with van der Waals surface area (Å²) in [6, 6.07) is 17.4. The van der Waals surface area contributed by atoms with Crippen LogP contribution in [0, 0.1) is 0 Å². The molecule has 2 heterocycles. The third kappa shape index (κ3) is 3.98. The van der Waals surface area contributed by atoms with Gasteiger partial charge in [0.2, 0.25) is 0 Å². The maximum absolute atomic E-state index is 13.0. The van der Waals surface area contributed by atoms with Gasteiger partial charge in [-0.3, -0.25) is 4.79 Å². The fourth-order valence-corrected chi connectivity index (χ4v) is 4.94. The van der Waals surface area contributed by atoms with Gasteiger partial charge in [0.05, 0.1) is 33.3 Å². The van der Waals surface area contributed by atoms with Gasteiger partial charge in [0, 0.05) is 0 Å². The summed E-state index contributed by atoms with van der Waals surface area (Å²) >= 11 is 7.79. The topological polar surface area (TPSA) is 90.1 Å². The number of imidazole rings is 1. The fourth-order valence-electron chi connectivity index (χ4n) is 3.68. The van der Waals surface area contributed by atoms with Crippen LogP contribution in [0.2, 0.25) is 5.02 Å². The predicted octanol–water partition coefficient (Wildman–Crippen LogP) is 4.40. The fraction of sp³-hybridized carbons (Fsp3) is 0.0800. The van der Waals surface area contributed by atoms with Crippen LogP contribution in [-0.2, 0) is 6.61 Å². The highest BCUT2D eigenvalue weighted by Gasteiger charge is 2.14. The summed E-state index contributed by atoms with van der Waals surface area (Å²) in [5.41, 5.74) is 2.92. The molecule has 0 radical (unpaired) electrons. The first-order valence-corrected chi connectivity index (χ1v) is 11.4. The number of halogens is 1. The number of benzene rings is 3. The molecule has 0 bridgehead atoms. The van der Waals surface area contributed by atoms with Gasteiger partial charge in [0.25, 0.3) is 5.56 Å². The van der Waals surface area contributed by atoms with Crippen molar-refractivity contribution < 1.29 is 19.4 Å². The van der Waals surface area contributed by atoms with Gasteiger partial charge in [-0.2, -0.15) is 0 Å². The van der Waals surface area contributed by atoms with Gasteiger partial charge in [0.15, 0.2) is 16.5 Å². The van der Waals surface area contributed by atoms with E-state index < -0.39 is 5.97 Å². The number of carboxylic acid groups (broad SMARTS) is 1. The molecule has 0 unspecified atom stereocenters. The molecule has 0 aliphatic heterocycles. The van der Waals surface area contributed by atoms with Gasteiger partial charge in [-0.1, -0.05) is 47.2 Å². The Bertz CT molecular complexity index is 1670. The highest BCUT2D eigenvalue weighted by atomic mass is 35.5. The van der Waals surface area contributed by atoms with E-state index in [1.165, 1.54) is 30.6 Å². The number of carbonyl (C=O) groups is 1. The smallest absolute Gasteiger partial charge is 0.335 e. The van der Waals surface area contributed by atoms with Crippen LogP contribution in [0.3, 0.4) is 0 Å². The van der Waals surface area contributed by atoms with E-state index >= 15 is 0 Å². The van der Waals surface area contributed by atoms with Crippen LogP contribution in [0.4, 0.5) is 0 Å². The Labute approximate surface area is 202 Å². The SMILES string of the molecule is COc1cc(C=c2sc3nc4ccccc4n3c2=O)cc(Cl)c1OCc1cccc(C(=O)O)c1.